The van der Waals surface area contributed by atoms with Gasteiger partial charge in [-0.05, 0) is 14.0 Å². The molecule has 0 heterocycles. The highest BCUT2D eigenvalue weighted by atomic mass is 15.5. The molecule has 1 unspecified atom stereocenters. The minimum absolute atomic E-state index is 0.213. The fraction of sp³-hybridized carbons (Fsp3) is 1.00. The molecule has 0 radical (unpaired) electrons. The molecule has 0 aliphatic rings. The lowest BCUT2D eigenvalue weighted by Gasteiger charge is -2.09. The predicted molar refractivity (Wildman–Crippen MR) is 29.0 cm³/mol. The van der Waals surface area contributed by atoms with Crippen molar-refractivity contribution in [2.75, 3.05) is 7.05 Å². The predicted octanol–water partition coefficient (Wildman–Crippen LogP) is -1.48. The van der Waals surface area contributed by atoms with Gasteiger partial charge in [0.15, 0.2) is 0 Å². The van der Waals surface area contributed by atoms with E-state index >= 15 is 0 Å². The summed E-state index contributed by atoms with van der Waals surface area (Å²) in [6.07, 6.45) is 0.213. The molecular formula is C3H12N4. The molecule has 0 aromatic carbocycles. The number of nitrogens with two attached hydrogens (primary N) is 1. The highest BCUT2D eigenvalue weighted by Gasteiger charge is 1.88. The Labute approximate surface area is 43.4 Å². The Morgan fingerprint density at radius 3 is 2.29 bits per heavy atom. The van der Waals surface area contributed by atoms with Gasteiger partial charge in [0.25, 0.3) is 0 Å². The molecule has 0 aliphatic heterocycles. The molecule has 7 heavy (non-hydrogen) atoms. The summed E-state index contributed by atoms with van der Waals surface area (Å²) in [6.45, 7) is 1.94. The Kier molecular flexibility index (Phi) is 3.92. The van der Waals surface area contributed by atoms with Crippen molar-refractivity contribution in [1.82, 2.24) is 16.3 Å². The number of hydrogen-bond acceptors (Lipinski definition) is 4. The van der Waals surface area contributed by atoms with Gasteiger partial charge >= 0.3 is 0 Å². The molecule has 0 aliphatic carbocycles. The van der Waals surface area contributed by atoms with Crippen molar-refractivity contribution >= 4 is 0 Å². The van der Waals surface area contributed by atoms with Crippen LogP contribution in [0.2, 0.25) is 0 Å². The first-order valence-electron chi connectivity index (χ1n) is 2.19. The molecule has 5 N–H and O–H groups in total. The van der Waals surface area contributed by atoms with Crippen molar-refractivity contribution < 1.29 is 0 Å². The van der Waals surface area contributed by atoms with Crippen LogP contribution in [-0.2, 0) is 0 Å². The fourth-order valence-corrected chi connectivity index (χ4v) is 0.197. The fourth-order valence-electron chi connectivity index (χ4n) is 0.197. The van der Waals surface area contributed by atoms with Crippen LogP contribution < -0.4 is 22.1 Å². The van der Waals surface area contributed by atoms with Gasteiger partial charge in [0.1, 0.15) is 0 Å². The zero-order chi connectivity index (χ0) is 5.70. The second-order valence-corrected chi connectivity index (χ2v) is 1.30. The van der Waals surface area contributed by atoms with Crippen molar-refractivity contribution in [3.8, 4) is 0 Å². The van der Waals surface area contributed by atoms with Gasteiger partial charge in [-0.25, -0.2) is 5.43 Å². The van der Waals surface area contributed by atoms with E-state index in [2.05, 4.69) is 16.3 Å². The maximum Gasteiger partial charge on any atom is 0.0686 e. The third-order valence-electron chi connectivity index (χ3n) is 0.733. The Balaban J connectivity index is 2.83. The molecule has 1 atom stereocenters. The van der Waals surface area contributed by atoms with Gasteiger partial charge in [-0.3, -0.25) is 5.84 Å². The number of hydrazine groups is 2. The first-order valence-corrected chi connectivity index (χ1v) is 2.19. The Bertz CT molecular complexity index is 37.9. The molecular weight excluding hydrogens is 92.1 g/mol. The zero-order valence-corrected chi connectivity index (χ0v) is 4.65. The Morgan fingerprint density at radius 1 is 1.57 bits per heavy atom. The lowest BCUT2D eigenvalue weighted by Crippen LogP contribution is -2.49. The maximum absolute atomic E-state index is 4.90. The largest absolute Gasteiger partial charge is 0.304 e. The van der Waals surface area contributed by atoms with Gasteiger partial charge in [0, 0.05) is 0 Å². The average Bonchev–Trinajstić information content (AvgIpc) is 1.68. The topological polar surface area (TPSA) is 62.1 Å². The standard InChI is InChI=1S/C3H12N4/c1-3(5-2)6-7-4/h3,5-7H,4H2,1-2H3. The molecule has 0 fully saturated rings. The van der Waals surface area contributed by atoms with Crippen molar-refractivity contribution in [2.45, 2.75) is 13.1 Å². The quantitative estimate of drug-likeness (QED) is 0.200. The van der Waals surface area contributed by atoms with Gasteiger partial charge in [-0.15, -0.1) is 0 Å². The third-order valence-corrected chi connectivity index (χ3v) is 0.733. The minimum atomic E-state index is 0.213. The highest BCUT2D eigenvalue weighted by molar-refractivity contribution is 4.44. The zero-order valence-electron chi connectivity index (χ0n) is 4.65. The summed E-state index contributed by atoms with van der Waals surface area (Å²) in [5.74, 6) is 4.90. The van der Waals surface area contributed by atoms with E-state index in [1.54, 1.807) is 0 Å². The molecule has 0 rings (SSSR count). The lowest BCUT2D eigenvalue weighted by atomic mass is 10.6. The Morgan fingerprint density at radius 2 is 2.14 bits per heavy atom. The van der Waals surface area contributed by atoms with Crippen LogP contribution in [0.25, 0.3) is 0 Å². The van der Waals surface area contributed by atoms with E-state index in [9.17, 15) is 0 Å². The van der Waals surface area contributed by atoms with Crippen LogP contribution >= 0.6 is 0 Å². The summed E-state index contributed by atoms with van der Waals surface area (Å²) >= 11 is 0. The van der Waals surface area contributed by atoms with Crippen molar-refractivity contribution in [2.24, 2.45) is 5.84 Å². The van der Waals surface area contributed by atoms with Crippen molar-refractivity contribution in [3.63, 3.8) is 0 Å². The van der Waals surface area contributed by atoms with E-state index in [0.29, 0.717) is 0 Å². The molecule has 4 nitrogen and oxygen atoms in total. The van der Waals surface area contributed by atoms with E-state index in [4.69, 9.17) is 5.84 Å². The third kappa shape index (κ3) is 3.68. The number of rotatable bonds is 3. The maximum atomic E-state index is 4.90. The molecule has 0 amide bonds. The van der Waals surface area contributed by atoms with E-state index in [0.717, 1.165) is 0 Å². The van der Waals surface area contributed by atoms with E-state index in [1.807, 2.05) is 14.0 Å². The molecule has 0 aromatic heterocycles. The molecule has 0 saturated carbocycles. The smallest absolute Gasteiger partial charge is 0.0686 e. The molecule has 0 aromatic rings. The monoisotopic (exact) mass is 104 g/mol. The van der Waals surface area contributed by atoms with E-state index < -0.39 is 0 Å². The summed E-state index contributed by atoms with van der Waals surface area (Å²) in [4.78, 5) is 0. The normalized spacial score (nSPS) is 14.1. The van der Waals surface area contributed by atoms with Gasteiger partial charge in [0.05, 0.1) is 6.17 Å². The summed E-state index contributed by atoms with van der Waals surface area (Å²) in [5, 5.41) is 2.91. The molecule has 0 saturated heterocycles. The summed E-state index contributed by atoms with van der Waals surface area (Å²) in [5.41, 5.74) is 5.02. The number of nitrogens with one attached hydrogen (secondary N) is 3. The van der Waals surface area contributed by atoms with Crippen LogP contribution in [0.3, 0.4) is 0 Å². The number of hydrogen-bond donors (Lipinski definition) is 4. The second kappa shape index (κ2) is 4.01. The van der Waals surface area contributed by atoms with E-state index in [1.165, 1.54) is 0 Å². The van der Waals surface area contributed by atoms with Crippen LogP contribution in [0.4, 0.5) is 0 Å². The van der Waals surface area contributed by atoms with Crippen LogP contribution in [-0.4, -0.2) is 13.2 Å². The van der Waals surface area contributed by atoms with Crippen LogP contribution in [0.1, 0.15) is 6.92 Å². The van der Waals surface area contributed by atoms with Crippen LogP contribution in [0, 0.1) is 0 Å². The van der Waals surface area contributed by atoms with Crippen molar-refractivity contribution in [1.29, 1.82) is 0 Å². The summed E-state index contributed by atoms with van der Waals surface area (Å²) in [6, 6.07) is 0. The Hall–Kier alpha value is -0.160. The van der Waals surface area contributed by atoms with Gasteiger partial charge in [-0.2, -0.15) is 5.53 Å². The summed E-state index contributed by atoms with van der Waals surface area (Å²) < 4.78 is 0. The lowest BCUT2D eigenvalue weighted by molar-refractivity contribution is 0.420. The minimum Gasteiger partial charge on any atom is -0.304 e. The second-order valence-electron chi connectivity index (χ2n) is 1.30. The molecule has 44 valence electrons. The van der Waals surface area contributed by atoms with Crippen molar-refractivity contribution in [3.05, 3.63) is 0 Å². The average molecular weight is 104 g/mol. The van der Waals surface area contributed by atoms with Crippen LogP contribution in [0.15, 0.2) is 0 Å². The SMILES string of the molecule is CNC(C)NNN. The first kappa shape index (κ1) is 6.84. The van der Waals surface area contributed by atoms with E-state index in [-0.39, 0.29) is 6.17 Å². The molecule has 0 spiro atoms. The van der Waals surface area contributed by atoms with Gasteiger partial charge in [0.2, 0.25) is 0 Å². The highest BCUT2D eigenvalue weighted by Crippen LogP contribution is 1.61. The van der Waals surface area contributed by atoms with Crippen LogP contribution in [0.5, 0.6) is 0 Å². The molecule has 4 heteroatoms. The molecule has 0 bridgehead atoms. The summed E-state index contributed by atoms with van der Waals surface area (Å²) in [7, 11) is 1.84. The van der Waals surface area contributed by atoms with Gasteiger partial charge in [-0.1, -0.05) is 0 Å². The first-order chi connectivity index (χ1) is 3.31. The van der Waals surface area contributed by atoms with Gasteiger partial charge < -0.3 is 5.32 Å².